The van der Waals surface area contributed by atoms with Crippen LogP contribution in [-0.4, -0.2) is 10.9 Å². The van der Waals surface area contributed by atoms with Gasteiger partial charge in [-0.05, 0) is 34.0 Å². The molecule has 0 saturated heterocycles. The van der Waals surface area contributed by atoms with Crippen LogP contribution in [0.15, 0.2) is 47.1 Å². The molecule has 0 radical (unpaired) electrons. The van der Waals surface area contributed by atoms with Crippen molar-refractivity contribution in [1.82, 2.24) is 4.98 Å². The molecular formula is C15H16BrN3O. The van der Waals surface area contributed by atoms with E-state index in [-0.39, 0.29) is 11.8 Å². The van der Waals surface area contributed by atoms with Crippen LogP contribution in [0.1, 0.15) is 24.8 Å². The van der Waals surface area contributed by atoms with Crippen molar-refractivity contribution in [3.05, 3.63) is 52.6 Å². The Bertz CT molecular complexity index is 601. The van der Waals surface area contributed by atoms with Gasteiger partial charge in [-0.15, -0.1) is 0 Å². The summed E-state index contributed by atoms with van der Waals surface area (Å²) in [5.74, 6) is 0.220. The Morgan fingerprint density at radius 1 is 1.40 bits per heavy atom. The molecule has 0 aliphatic heterocycles. The van der Waals surface area contributed by atoms with Crippen molar-refractivity contribution >= 4 is 33.3 Å². The zero-order valence-corrected chi connectivity index (χ0v) is 12.7. The lowest BCUT2D eigenvalue weighted by molar-refractivity contribution is -0.117. The summed E-state index contributed by atoms with van der Waals surface area (Å²) in [6.07, 6.45) is 2.24. The minimum atomic E-state index is -0.192. The van der Waals surface area contributed by atoms with Gasteiger partial charge in [0.05, 0.1) is 22.3 Å². The van der Waals surface area contributed by atoms with Gasteiger partial charge in [-0.3, -0.25) is 4.79 Å². The Morgan fingerprint density at radius 3 is 2.70 bits per heavy atom. The number of hydrogen-bond donors (Lipinski definition) is 2. The molecule has 0 bridgehead atoms. The second-order valence-electron chi connectivity index (χ2n) is 4.46. The number of amides is 1. The molecule has 2 aromatic rings. The first kappa shape index (κ1) is 14.5. The van der Waals surface area contributed by atoms with E-state index in [9.17, 15) is 4.79 Å². The predicted octanol–water partition coefficient (Wildman–Crippen LogP) is 3.56. The molecule has 1 atom stereocenters. The molecule has 3 N–H and O–H groups in total. The third-order valence-electron chi connectivity index (χ3n) is 3.03. The summed E-state index contributed by atoms with van der Waals surface area (Å²) >= 11 is 3.35. The molecule has 1 aromatic heterocycles. The summed E-state index contributed by atoms with van der Waals surface area (Å²) in [5, 5.41) is 2.83. The number of nitrogens with two attached hydrogens (primary N) is 1. The number of aromatic nitrogens is 1. The van der Waals surface area contributed by atoms with E-state index in [2.05, 4.69) is 26.2 Å². The maximum Gasteiger partial charge on any atom is 0.233 e. The molecule has 0 fully saturated rings. The number of nitrogens with zero attached hydrogens (tertiary/aromatic N) is 1. The van der Waals surface area contributed by atoms with Crippen LogP contribution in [0, 0.1) is 0 Å². The Morgan fingerprint density at radius 2 is 2.10 bits per heavy atom. The van der Waals surface area contributed by atoms with Gasteiger partial charge in [-0.1, -0.05) is 37.3 Å². The van der Waals surface area contributed by atoms with Crippen LogP contribution in [0.3, 0.4) is 0 Å². The van der Waals surface area contributed by atoms with Gasteiger partial charge in [0.1, 0.15) is 5.82 Å². The number of rotatable bonds is 4. The van der Waals surface area contributed by atoms with Crippen molar-refractivity contribution in [3.63, 3.8) is 0 Å². The summed E-state index contributed by atoms with van der Waals surface area (Å²) in [6.45, 7) is 1.99. The van der Waals surface area contributed by atoms with Gasteiger partial charge >= 0.3 is 0 Å². The Kier molecular flexibility index (Phi) is 4.74. The van der Waals surface area contributed by atoms with Gasteiger partial charge in [0.2, 0.25) is 5.91 Å². The van der Waals surface area contributed by atoms with Crippen LogP contribution in [0.5, 0.6) is 0 Å². The summed E-state index contributed by atoms with van der Waals surface area (Å²) in [7, 11) is 0. The number of nitrogens with one attached hydrogen (secondary N) is 1. The SMILES string of the molecule is CCC(C(=O)Nc1ncc(N)cc1Br)c1ccccc1. The number of carbonyl (C=O) groups excluding carboxylic acids is 1. The van der Waals surface area contributed by atoms with E-state index < -0.39 is 0 Å². The van der Waals surface area contributed by atoms with Crippen molar-refractivity contribution in [2.45, 2.75) is 19.3 Å². The fourth-order valence-electron chi connectivity index (χ4n) is 2.01. The van der Waals surface area contributed by atoms with Gasteiger partial charge in [0.15, 0.2) is 0 Å². The monoisotopic (exact) mass is 333 g/mol. The maximum atomic E-state index is 12.4. The average molecular weight is 334 g/mol. The molecule has 0 spiro atoms. The molecule has 104 valence electrons. The summed E-state index contributed by atoms with van der Waals surface area (Å²) in [5.41, 5.74) is 7.18. The molecule has 2 rings (SSSR count). The van der Waals surface area contributed by atoms with E-state index >= 15 is 0 Å². The number of hydrogen-bond acceptors (Lipinski definition) is 3. The molecule has 20 heavy (non-hydrogen) atoms. The van der Waals surface area contributed by atoms with E-state index in [1.807, 2.05) is 37.3 Å². The second kappa shape index (κ2) is 6.52. The minimum absolute atomic E-state index is 0.0725. The molecule has 5 heteroatoms. The van der Waals surface area contributed by atoms with Gasteiger partial charge in [-0.25, -0.2) is 4.98 Å². The van der Waals surface area contributed by atoms with E-state index in [0.29, 0.717) is 16.0 Å². The minimum Gasteiger partial charge on any atom is -0.397 e. The van der Waals surface area contributed by atoms with Crippen LogP contribution in [-0.2, 0) is 4.79 Å². The Hall–Kier alpha value is -1.88. The Balaban J connectivity index is 2.18. The van der Waals surface area contributed by atoms with Crippen molar-refractivity contribution < 1.29 is 4.79 Å². The van der Waals surface area contributed by atoms with Crippen LogP contribution < -0.4 is 11.1 Å². The molecule has 0 aliphatic carbocycles. The summed E-state index contributed by atoms with van der Waals surface area (Å²) < 4.78 is 0.675. The van der Waals surface area contributed by atoms with Crippen LogP contribution in [0.25, 0.3) is 0 Å². The van der Waals surface area contributed by atoms with Gasteiger partial charge in [0.25, 0.3) is 0 Å². The molecule has 0 saturated carbocycles. The third-order valence-corrected chi connectivity index (χ3v) is 3.64. The van der Waals surface area contributed by atoms with Gasteiger partial charge in [-0.2, -0.15) is 0 Å². The lowest BCUT2D eigenvalue weighted by Crippen LogP contribution is -2.21. The fraction of sp³-hybridized carbons (Fsp3) is 0.200. The standard InChI is InChI=1S/C15H16BrN3O/c1-2-12(10-6-4-3-5-7-10)15(20)19-14-13(16)8-11(17)9-18-14/h3-9,12H,2,17H2,1H3,(H,18,19,20). The average Bonchev–Trinajstić information content (AvgIpc) is 2.44. The zero-order valence-electron chi connectivity index (χ0n) is 11.1. The highest BCUT2D eigenvalue weighted by molar-refractivity contribution is 9.10. The van der Waals surface area contributed by atoms with Crippen LogP contribution >= 0.6 is 15.9 Å². The van der Waals surface area contributed by atoms with Crippen molar-refractivity contribution in [3.8, 4) is 0 Å². The van der Waals surface area contributed by atoms with Crippen molar-refractivity contribution in [2.24, 2.45) is 0 Å². The van der Waals surface area contributed by atoms with E-state index in [1.165, 1.54) is 6.20 Å². The Labute approximate surface area is 126 Å². The second-order valence-corrected chi connectivity index (χ2v) is 5.31. The molecular weight excluding hydrogens is 318 g/mol. The topological polar surface area (TPSA) is 68.0 Å². The number of carbonyl (C=O) groups is 1. The van der Waals surface area contributed by atoms with E-state index in [4.69, 9.17) is 5.73 Å². The predicted molar refractivity (Wildman–Crippen MR) is 84.5 cm³/mol. The van der Waals surface area contributed by atoms with E-state index in [0.717, 1.165) is 12.0 Å². The lowest BCUT2D eigenvalue weighted by Gasteiger charge is -2.15. The number of anilines is 2. The molecule has 0 aliphatic rings. The normalized spacial score (nSPS) is 11.9. The molecule has 4 nitrogen and oxygen atoms in total. The molecule has 1 aromatic carbocycles. The van der Waals surface area contributed by atoms with Crippen molar-refractivity contribution in [1.29, 1.82) is 0 Å². The number of halogens is 1. The van der Waals surface area contributed by atoms with Crippen molar-refractivity contribution in [2.75, 3.05) is 11.1 Å². The molecule has 1 heterocycles. The molecule has 1 amide bonds. The zero-order chi connectivity index (χ0) is 14.5. The first-order valence-electron chi connectivity index (χ1n) is 6.38. The lowest BCUT2D eigenvalue weighted by atomic mass is 9.96. The van der Waals surface area contributed by atoms with E-state index in [1.54, 1.807) is 6.07 Å². The third kappa shape index (κ3) is 3.36. The largest absolute Gasteiger partial charge is 0.397 e. The number of nitrogen functional groups attached to an aromatic ring is 1. The first-order valence-corrected chi connectivity index (χ1v) is 7.18. The van der Waals surface area contributed by atoms with Gasteiger partial charge < -0.3 is 11.1 Å². The highest BCUT2D eigenvalue weighted by Crippen LogP contribution is 2.25. The maximum absolute atomic E-state index is 12.4. The summed E-state index contributed by atoms with van der Waals surface area (Å²) in [6, 6.07) is 11.4. The smallest absolute Gasteiger partial charge is 0.233 e. The number of pyridine rings is 1. The highest BCUT2D eigenvalue weighted by Gasteiger charge is 2.19. The quantitative estimate of drug-likeness (QED) is 0.898. The van der Waals surface area contributed by atoms with Crippen LogP contribution in [0.4, 0.5) is 11.5 Å². The first-order chi connectivity index (χ1) is 9.61. The van der Waals surface area contributed by atoms with Crippen LogP contribution in [0.2, 0.25) is 0 Å². The molecule has 1 unspecified atom stereocenters. The van der Waals surface area contributed by atoms with Gasteiger partial charge in [0, 0.05) is 0 Å². The number of benzene rings is 1. The fourth-order valence-corrected chi connectivity index (χ4v) is 2.47. The summed E-state index contributed by atoms with van der Waals surface area (Å²) in [4.78, 5) is 16.5. The highest BCUT2D eigenvalue weighted by atomic mass is 79.9.